The molecule has 0 saturated heterocycles. The van der Waals surface area contributed by atoms with Crippen LogP contribution >= 0.6 is 11.3 Å². The summed E-state index contributed by atoms with van der Waals surface area (Å²) in [6.45, 7) is 1.09. The zero-order chi connectivity index (χ0) is 51.0. The lowest BCUT2D eigenvalue weighted by Gasteiger charge is -2.27. The van der Waals surface area contributed by atoms with Gasteiger partial charge in [-0.05, 0) is 57.0 Å². The van der Waals surface area contributed by atoms with E-state index in [0.29, 0.717) is 27.1 Å². The Morgan fingerprint density at radius 2 is 1.14 bits per heavy atom. The van der Waals surface area contributed by atoms with Crippen LogP contribution in [-0.2, 0) is 75.2 Å². The van der Waals surface area contributed by atoms with Gasteiger partial charge in [0.1, 0.15) is 30.2 Å². The molecule has 1 aromatic heterocycles. The van der Waals surface area contributed by atoms with Crippen molar-refractivity contribution in [3.63, 3.8) is 0 Å². The Morgan fingerprint density at radius 1 is 0.597 bits per heavy atom. The second-order valence-corrected chi connectivity index (χ2v) is 18.4. The highest BCUT2D eigenvalue weighted by Gasteiger charge is 2.35. The molecule has 6 aromatic rings. The molecule has 0 aliphatic carbocycles. The predicted octanol–water partition coefficient (Wildman–Crippen LogP) is 4.71. The Balaban J connectivity index is 1.27. The van der Waals surface area contributed by atoms with Crippen molar-refractivity contribution in [3.8, 4) is 11.1 Å². The van der Waals surface area contributed by atoms with Crippen molar-refractivity contribution in [3.05, 3.63) is 184 Å². The van der Waals surface area contributed by atoms with Crippen molar-refractivity contribution in [2.24, 2.45) is 0 Å². The van der Waals surface area contributed by atoms with Crippen molar-refractivity contribution >= 4 is 64.4 Å². The van der Waals surface area contributed by atoms with E-state index in [0.717, 1.165) is 18.1 Å². The number of carbonyl (C=O) groups is 8. The van der Waals surface area contributed by atoms with Crippen molar-refractivity contribution in [1.29, 1.82) is 0 Å². The predicted molar refractivity (Wildman–Crippen MR) is 270 cm³/mol. The molecule has 7 N–H and O–H groups in total. The van der Waals surface area contributed by atoms with Crippen LogP contribution in [0.2, 0.25) is 0 Å². The summed E-state index contributed by atoms with van der Waals surface area (Å²) in [6, 6.07) is 37.5. The van der Waals surface area contributed by atoms with Gasteiger partial charge in [-0.15, -0.1) is 11.3 Å². The normalized spacial score (nSPS) is 19.5. The Bertz CT molecular complexity index is 2830. The molecular weight excluding hydrogens is 937 g/mol. The Hall–Kier alpha value is -8.44. The van der Waals surface area contributed by atoms with Gasteiger partial charge in [0.2, 0.25) is 29.5 Å². The lowest BCUT2D eigenvalue weighted by molar-refractivity contribution is -0.153. The number of rotatable bonds is 13. The Kier molecular flexibility index (Phi) is 17.8. The highest BCUT2D eigenvalue weighted by Crippen LogP contribution is 2.21. The topological polar surface area (TPSA) is 238 Å². The minimum Gasteiger partial charge on any atom is -0.480 e. The molecular formula is C55H54N6O10S. The number of anilines is 1. The first kappa shape index (κ1) is 51.4. The summed E-state index contributed by atoms with van der Waals surface area (Å²) in [5.74, 6) is -6.93. The van der Waals surface area contributed by atoms with Crippen molar-refractivity contribution in [1.82, 2.24) is 26.6 Å². The van der Waals surface area contributed by atoms with Crippen molar-refractivity contribution < 1.29 is 48.2 Å². The van der Waals surface area contributed by atoms with E-state index >= 15 is 0 Å². The third-order valence-electron chi connectivity index (χ3n) is 11.8. The van der Waals surface area contributed by atoms with Gasteiger partial charge < -0.3 is 41.7 Å². The Labute approximate surface area is 420 Å². The number of aliphatic carboxylic acids is 1. The smallest absolute Gasteiger partial charge is 0.326 e. The average molecular weight is 991 g/mol. The zero-order valence-corrected chi connectivity index (χ0v) is 40.1. The van der Waals surface area contributed by atoms with Gasteiger partial charge in [-0.3, -0.25) is 33.6 Å². The zero-order valence-electron chi connectivity index (χ0n) is 39.2. The number of carboxylic acid groups (broad SMARTS) is 1. The maximum absolute atomic E-state index is 14.8. The molecule has 2 bridgehead atoms. The lowest BCUT2D eigenvalue weighted by atomic mass is 9.98. The van der Waals surface area contributed by atoms with Crippen LogP contribution in [0.25, 0.3) is 11.1 Å². The summed E-state index contributed by atoms with van der Waals surface area (Å²) in [4.78, 5) is 111. The van der Waals surface area contributed by atoms with Gasteiger partial charge >= 0.3 is 11.9 Å². The number of hydrogen-bond acceptors (Lipinski definition) is 10. The highest BCUT2D eigenvalue weighted by atomic mass is 32.1. The monoisotopic (exact) mass is 990 g/mol. The largest absolute Gasteiger partial charge is 0.480 e. The van der Waals surface area contributed by atoms with Crippen LogP contribution in [0.15, 0.2) is 157 Å². The van der Waals surface area contributed by atoms with E-state index in [1.54, 1.807) is 90.3 Å². The summed E-state index contributed by atoms with van der Waals surface area (Å²) in [5, 5.41) is 28.4. The summed E-state index contributed by atoms with van der Waals surface area (Å²) in [7, 11) is 0. The van der Waals surface area contributed by atoms with Crippen LogP contribution in [0.3, 0.4) is 0 Å². The summed E-state index contributed by atoms with van der Waals surface area (Å²) in [5.41, 5.74) is 4.51. The van der Waals surface area contributed by atoms with E-state index < -0.39 is 90.1 Å². The number of esters is 1. The maximum Gasteiger partial charge on any atom is 0.326 e. The summed E-state index contributed by atoms with van der Waals surface area (Å²) < 4.78 is 5.30. The van der Waals surface area contributed by atoms with Crippen LogP contribution in [0.4, 0.5) is 5.69 Å². The SMILES string of the molecule is CC(=O)O[C@@H]1CC(=O)N[C@H](Cc2cccs2)C(=O)N[C@@H](Cc2ccc(-c3ccccc3)cc2)C(=O)N[C@H](Cc2ccccc2)C(=O)N[C@@H](C(=O)N[C@@H](Cc2ccccc2)C(=O)O)Cc2ccc(cc2)NC1=O. The molecule has 0 saturated carbocycles. The van der Waals surface area contributed by atoms with E-state index in [1.165, 1.54) is 23.5 Å². The second kappa shape index (κ2) is 24.9. The van der Waals surface area contributed by atoms with Gasteiger partial charge in [-0.25, -0.2) is 4.79 Å². The van der Waals surface area contributed by atoms with Crippen molar-refractivity contribution in [2.75, 3.05) is 5.32 Å². The molecule has 0 fully saturated rings. The second-order valence-electron chi connectivity index (χ2n) is 17.3. The molecule has 8 rings (SSSR count). The summed E-state index contributed by atoms with van der Waals surface area (Å²) >= 11 is 1.33. The maximum atomic E-state index is 14.8. The molecule has 6 amide bonds. The molecule has 0 spiro atoms. The number of benzene rings is 5. The minimum absolute atomic E-state index is 0.0112. The van der Waals surface area contributed by atoms with Gasteiger partial charge in [0, 0.05) is 49.6 Å². The van der Waals surface area contributed by atoms with Crippen LogP contribution in [0.1, 0.15) is 40.5 Å². The van der Waals surface area contributed by atoms with E-state index in [2.05, 4.69) is 31.9 Å². The van der Waals surface area contributed by atoms with Gasteiger partial charge in [0.25, 0.3) is 5.91 Å². The van der Waals surface area contributed by atoms with Gasteiger partial charge in [0.05, 0.1) is 6.42 Å². The van der Waals surface area contributed by atoms with Crippen molar-refractivity contribution in [2.45, 2.75) is 81.8 Å². The highest BCUT2D eigenvalue weighted by molar-refractivity contribution is 7.09. The first-order valence-electron chi connectivity index (χ1n) is 23.3. The molecule has 2 aliphatic rings. The average Bonchev–Trinajstić information content (AvgIpc) is 3.89. The van der Waals surface area contributed by atoms with Crippen LogP contribution in [0, 0.1) is 0 Å². The molecule has 6 atom stereocenters. The lowest BCUT2D eigenvalue weighted by Crippen LogP contribution is -2.60. The van der Waals surface area contributed by atoms with Crippen LogP contribution < -0.4 is 31.9 Å². The Morgan fingerprint density at radius 3 is 1.71 bits per heavy atom. The molecule has 2 aliphatic heterocycles. The number of fused-ring (bicyclic) bond motifs is 18. The minimum atomic E-state index is -1.62. The summed E-state index contributed by atoms with van der Waals surface area (Å²) in [6.07, 6.45) is -2.66. The van der Waals surface area contributed by atoms with Gasteiger partial charge in [0.15, 0.2) is 6.10 Å². The van der Waals surface area contributed by atoms with E-state index in [9.17, 15) is 43.5 Å². The number of hydrogen-bond donors (Lipinski definition) is 7. The molecule has 17 heteroatoms. The van der Waals surface area contributed by atoms with Crippen LogP contribution in [0.5, 0.6) is 0 Å². The van der Waals surface area contributed by atoms with E-state index in [4.69, 9.17) is 4.74 Å². The number of carbonyl (C=O) groups excluding carboxylic acids is 7. The molecule has 370 valence electrons. The van der Waals surface area contributed by atoms with E-state index in [1.807, 2.05) is 54.6 Å². The number of carboxylic acids is 1. The van der Waals surface area contributed by atoms with Gasteiger partial charge in [-0.1, -0.05) is 133 Å². The fraction of sp³-hybridized carbons (Fsp3) is 0.236. The van der Waals surface area contributed by atoms with Crippen LogP contribution in [-0.4, -0.2) is 88.8 Å². The molecule has 0 unspecified atom stereocenters. The number of thiophene rings is 1. The molecule has 72 heavy (non-hydrogen) atoms. The third-order valence-corrected chi connectivity index (χ3v) is 12.7. The fourth-order valence-electron chi connectivity index (χ4n) is 8.15. The molecule has 3 heterocycles. The molecule has 5 aromatic carbocycles. The number of ether oxygens (including phenoxy) is 1. The van der Waals surface area contributed by atoms with E-state index in [-0.39, 0.29) is 37.8 Å². The number of amides is 6. The quantitative estimate of drug-likeness (QED) is 0.0622. The first-order chi connectivity index (χ1) is 34.8. The fourth-order valence-corrected chi connectivity index (χ4v) is 8.90. The third kappa shape index (κ3) is 15.0. The first-order valence-corrected chi connectivity index (χ1v) is 24.2. The van der Waals surface area contributed by atoms with Gasteiger partial charge in [-0.2, -0.15) is 0 Å². The number of nitrogens with one attached hydrogen (secondary N) is 6. The molecule has 16 nitrogen and oxygen atoms in total. The molecule has 0 radical (unpaired) electrons. The standard InChI is InChI=1S/C55H54N6O10S/c1-34(62)71-48-33-49(63)57-46(32-42-18-11-27-72-42)53(67)60-44(29-37-19-23-40(24-20-37)39-16-9-4-10-17-39)51(65)58-43(28-35-12-5-2-6-13-35)50(64)59-45(30-38-21-25-41(26-22-38)56-54(48)68)52(66)61-47(55(69)70)31-36-14-7-3-8-15-36/h2-27,43-48H,28-33H2,1H3,(H,56,68)(H,57,63)(H,58,65)(H,59,64)(H,60,67)(H,61,66)(H,69,70)/t43-,44+,45-,46-,47+,48-/m1/s1.